The molecule has 2 rings (SSSR count). The molecule has 2 aromatic carbocycles. The smallest absolute Gasteiger partial charge is 0.188 e. The topological polar surface area (TPSA) is 34.1 Å². The molecule has 0 N–H and O–H groups in total. The Balaban J connectivity index is 2.67. The Hall–Kier alpha value is -1.46. The molecule has 118 valence electrons. The van der Waals surface area contributed by atoms with Gasteiger partial charge in [-0.2, -0.15) is 0 Å². The second-order valence-corrected chi connectivity index (χ2v) is 7.98. The zero-order valence-electron chi connectivity index (χ0n) is 12.1. The molecule has 6 heteroatoms. The standard InChI is InChI=1S/C16H15ClF2O2S/c1-3-16(2,14-10-12(18)6-9-15(14)19)22(20,21)13-7-4-11(17)5-8-13/h4-10H,3H2,1-2H3/t16-/m1/s1. The van der Waals surface area contributed by atoms with E-state index in [1.54, 1.807) is 6.92 Å². The van der Waals surface area contributed by atoms with Crippen LogP contribution in [0.4, 0.5) is 8.78 Å². The number of halogens is 3. The number of benzene rings is 2. The zero-order valence-corrected chi connectivity index (χ0v) is 13.7. The van der Waals surface area contributed by atoms with Crippen molar-refractivity contribution in [2.45, 2.75) is 29.9 Å². The first-order valence-corrected chi connectivity index (χ1v) is 8.54. The van der Waals surface area contributed by atoms with Crippen LogP contribution in [0.3, 0.4) is 0 Å². The van der Waals surface area contributed by atoms with Crippen molar-refractivity contribution in [1.82, 2.24) is 0 Å². The summed E-state index contributed by atoms with van der Waals surface area (Å²) in [7, 11) is -3.93. The van der Waals surface area contributed by atoms with Crippen molar-refractivity contribution in [3.63, 3.8) is 0 Å². The van der Waals surface area contributed by atoms with Crippen molar-refractivity contribution >= 4 is 21.4 Å². The van der Waals surface area contributed by atoms with E-state index in [4.69, 9.17) is 11.6 Å². The molecule has 0 aromatic heterocycles. The molecule has 22 heavy (non-hydrogen) atoms. The maximum atomic E-state index is 14.1. The van der Waals surface area contributed by atoms with Crippen LogP contribution in [0.25, 0.3) is 0 Å². The van der Waals surface area contributed by atoms with Crippen LogP contribution in [0.15, 0.2) is 47.4 Å². The number of rotatable bonds is 4. The minimum absolute atomic E-state index is 0.0184. The molecule has 0 fully saturated rings. The fourth-order valence-electron chi connectivity index (χ4n) is 2.30. The van der Waals surface area contributed by atoms with Crippen LogP contribution in [0, 0.1) is 11.6 Å². The van der Waals surface area contributed by atoms with E-state index in [9.17, 15) is 17.2 Å². The quantitative estimate of drug-likeness (QED) is 0.804. The van der Waals surface area contributed by atoms with E-state index >= 15 is 0 Å². The molecule has 1 atom stereocenters. The summed E-state index contributed by atoms with van der Waals surface area (Å²) in [6.07, 6.45) is 0.0956. The molecule has 0 aliphatic heterocycles. The fourth-order valence-corrected chi connectivity index (χ4v) is 4.27. The van der Waals surface area contributed by atoms with Crippen molar-refractivity contribution < 1.29 is 17.2 Å². The maximum absolute atomic E-state index is 14.1. The minimum Gasteiger partial charge on any atom is -0.223 e. The lowest BCUT2D eigenvalue weighted by Crippen LogP contribution is -2.33. The molecule has 0 spiro atoms. The second kappa shape index (κ2) is 5.97. The lowest BCUT2D eigenvalue weighted by molar-refractivity contribution is 0.500. The van der Waals surface area contributed by atoms with E-state index < -0.39 is 26.2 Å². The molecule has 2 aromatic rings. The summed E-state index contributed by atoms with van der Waals surface area (Å²) >= 11 is 5.77. The highest BCUT2D eigenvalue weighted by Gasteiger charge is 2.42. The summed E-state index contributed by atoms with van der Waals surface area (Å²) in [4.78, 5) is 0.0184. The van der Waals surface area contributed by atoms with Gasteiger partial charge in [-0.1, -0.05) is 18.5 Å². The molecule has 0 heterocycles. The fraction of sp³-hybridized carbons (Fsp3) is 0.250. The van der Waals surface area contributed by atoms with Gasteiger partial charge in [0.2, 0.25) is 0 Å². The van der Waals surface area contributed by atoms with Crippen LogP contribution < -0.4 is 0 Å². The van der Waals surface area contributed by atoms with E-state index in [0.29, 0.717) is 5.02 Å². The SMILES string of the molecule is CC[C@](C)(c1cc(F)ccc1F)S(=O)(=O)c1ccc(Cl)cc1. The summed E-state index contributed by atoms with van der Waals surface area (Å²) in [5, 5.41) is 0.397. The van der Waals surface area contributed by atoms with E-state index in [0.717, 1.165) is 18.2 Å². The predicted molar refractivity (Wildman–Crippen MR) is 82.6 cm³/mol. The van der Waals surface area contributed by atoms with Gasteiger partial charge in [0.25, 0.3) is 0 Å². The normalized spacial score (nSPS) is 14.6. The van der Waals surface area contributed by atoms with Crippen molar-refractivity contribution in [3.05, 3.63) is 64.7 Å². The summed E-state index contributed by atoms with van der Waals surface area (Å²) in [5.74, 6) is -1.43. The molecule has 0 aliphatic carbocycles. The van der Waals surface area contributed by atoms with Gasteiger partial charge in [-0.25, -0.2) is 17.2 Å². The van der Waals surface area contributed by atoms with E-state index in [1.165, 1.54) is 31.2 Å². The maximum Gasteiger partial charge on any atom is 0.188 e. The molecular weight excluding hydrogens is 330 g/mol. The Bertz CT molecular complexity index is 788. The molecule has 0 saturated heterocycles. The van der Waals surface area contributed by atoms with E-state index in [-0.39, 0.29) is 16.9 Å². The van der Waals surface area contributed by atoms with Crippen LogP contribution in [-0.4, -0.2) is 8.42 Å². The lowest BCUT2D eigenvalue weighted by Gasteiger charge is -2.29. The highest BCUT2D eigenvalue weighted by atomic mass is 35.5. The minimum atomic E-state index is -3.93. The van der Waals surface area contributed by atoms with Gasteiger partial charge in [-0.05, 0) is 55.8 Å². The Morgan fingerprint density at radius 2 is 1.68 bits per heavy atom. The molecular formula is C16H15ClF2O2S. The third kappa shape index (κ3) is 2.75. The third-order valence-electron chi connectivity index (χ3n) is 3.89. The first kappa shape index (κ1) is 16.9. The first-order chi connectivity index (χ1) is 10.2. The Morgan fingerprint density at radius 1 is 1.09 bits per heavy atom. The van der Waals surface area contributed by atoms with Gasteiger partial charge in [0.05, 0.1) is 4.90 Å². The third-order valence-corrected chi connectivity index (χ3v) is 6.73. The number of sulfone groups is 1. The van der Waals surface area contributed by atoms with Crippen LogP contribution >= 0.6 is 11.6 Å². The van der Waals surface area contributed by atoms with Gasteiger partial charge >= 0.3 is 0 Å². The summed E-state index contributed by atoms with van der Waals surface area (Å²) in [6, 6.07) is 8.47. The van der Waals surface area contributed by atoms with Crippen LogP contribution in [0.5, 0.6) is 0 Å². The predicted octanol–water partition coefficient (Wildman–Crippen LogP) is 4.72. The van der Waals surface area contributed by atoms with E-state index in [2.05, 4.69) is 0 Å². The molecule has 2 nitrogen and oxygen atoms in total. The Labute approximate surface area is 133 Å². The van der Waals surface area contributed by atoms with Gasteiger partial charge in [0.1, 0.15) is 16.4 Å². The van der Waals surface area contributed by atoms with Crippen molar-refractivity contribution in [2.24, 2.45) is 0 Å². The van der Waals surface area contributed by atoms with Crippen molar-refractivity contribution in [1.29, 1.82) is 0 Å². The summed E-state index contributed by atoms with van der Waals surface area (Å²) < 4.78 is 51.9. The van der Waals surface area contributed by atoms with Crippen LogP contribution in [-0.2, 0) is 14.6 Å². The lowest BCUT2D eigenvalue weighted by atomic mass is 9.97. The molecule has 0 unspecified atom stereocenters. The van der Waals surface area contributed by atoms with Crippen molar-refractivity contribution in [3.8, 4) is 0 Å². The van der Waals surface area contributed by atoms with Crippen LogP contribution in [0.1, 0.15) is 25.8 Å². The highest BCUT2D eigenvalue weighted by molar-refractivity contribution is 7.92. The van der Waals surface area contributed by atoms with Gasteiger partial charge in [-0.3, -0.25) is 0 Å². The molecule has 0 bridgehead atoms. The number of hydrogen-bond donors (Lipinski definition) is 0. The average molecular weight is 345 g/mol. The molecule has 0 radical (unpaired) electrons. The average Bonchev–Trinajstić information content (AvgIpc) is 2.49. The second-order valence-electron chi connectivity index (χ2n) is 5.17. The largest absolute Gasteiger partial charge is 0.223 e. The monoisotopic (exact) mass is 344 g/mol. The molecule has 0 saturated carbocycles. The van der Waals surface area contributed by atoms with Crippen LogP contribution in [0.2, 0.25) is 5.02 Å². The Morgan fingerprint density at radius 3 is 2.23 bits per heavy atom. The van der Waals surface area contributed by atoms with Gasteiger partial charge < -0.3 is 0 Å². The van der Waals surface area contributed by atoms with E-state index in [1.807, 2.05) is 0 Å². The highest BCUT2D eigenvalue weighted by Crippen LogP contribution is 2.39. The first-order valence-electron chi connectivity index (χ1n) is 6.68. The number of hydrogen-bond acceptors (Lipinski definition) is 2. The Kier molecular flexibility index (Phi) is 4.59. The molecule has 0 amide bonds. The summed E-state index contributed by atoms with van der Waals surface area (Å²) in [5.41, 5.74) is -0.176. The molecule has 0 aliphatic rings. The van der Waals surface area contributed by atoms with Gasteiger partial charge in [0.15, 0.2) is 9.84 Å². The zero-order chi connectivity index (χ0) is 16.5. The van der Waals surface area contributed by atoms with Gasteiger partial charge in [-0.15, -0.1) is 0 Å². The summed E-state index contributed by atoms with van der Waals surface area (Å²) in [6.45, 7) is 3.02. The van der Waals surface area contributed by atoms with Gasteiger partial charge in [0, 0.05) is 10.6 Å². The van der Waals surface area contributed by atoms with Crippen molar-refractivity contribution in [2.75, 3.05) is 0 Å².